The number of hydrogen-bond donors (Lipinski definition) is 1. The molecule has 7 heteroatoms. The van der Waals surface area contributed by atoms with Gasteiger partial charge in [0.15, 0.2) is 6.10 Å². The molecular formula is C15H19NO6. The molecule has 0 bridgehead atoms. The maximum absolute atomic E-state index is 12.6. The monoisotopic (exact) mass is 309 g/mol. The number of aliphatic carboxylic acids is 1. The molecule has 1 heterocycles. The van der Waals surface area contributed by atoms with Crippen molar-refractivity contribution in [1.82, 2.24) is 4.90 Å². The number of amides is 1. The number of carbonyl (C=O) groups is 2. The number of hydrogen-bond acceptors (Lipinski definition) is 5. The van der Waals surface area contributed by atoms with Crippen LogP contribution in [0.25, 0.3) is 0 Å². The van der Waals surface area contributed by atoms with Gasteiger partial charge in [0.25, 0.3) is 5.91 Å². The Morgan fingerprint density at radius 3 is 2.27 bits per heavy atom. The van der Waals surface area contributed by atoms with Crippen LogP contribution >= 0.6 is 0 Å². The van der Waals surface area contributed by atoms with Crippen molar-refractivity contribution in [2.24, 2.45) is 0 Å². The first-order valence-corrected chi connectivity index (χ1v) is 6.85. The van der Waals surface area contributed by atoms with Crippen LogP contribution in [0.4, 0.5) is 0 Å². The van der Waals surface area contributed by atoms with Gasteiger partial charge in [-0.25, -0.2) is 4.79 Å². The highest BCUT2D eigenvalue weighted by Gasteiger charge is 2.33. The summed E-state index contributed by atoms with van der Waals surface area (Å²) in [6, 6.07) is 4.86. The van der Waals surface area contributed by atoms with Crippen molar-refractivity contribution in [2.45, 2.75) is 19.1 Å². The lowest BCUT2D eigenvalue weighted by Crippen LogP contribution is -2.51. The summed E-state index contributed by atoms with van der Waals surface area (Å²) in [5.74, 6) is -0.358. The molecule has 0 saturated carbocycles. The molecule has 0 spiro atoms. The van der Waals surface area contributed by atoms with Crippen molar-refractivity contribution in [2.75, 3.05) is 27.3 Å². The van der Waals surface area contributed by atoms with Crippen molar-refractivity contribution in [3.05, 3.63) is 23.8 Å². The number of carbonyl (C=O) groups excluding carboxylic acids is 1. The summed E-state index contributed by atoms with van der Waals surface area (Å²) in [5, 5.41) is 9.09. The molecule has 2 atom stereocenters. The minimum atomic E-state index is -1.08. The minimum absolute atomic E-state index is 0.0119. The number of benzene rings is 1. The van der Waals surface area contributed by atoms with E-state index >= 15 is 0 Å². The first kappa shape index (κ1) is 16.1. The number of methoxy groups -OCH3 is 2. The number of morpholine rings is 1. The molecule has 1 aliphatic rings. The Balaban J connectivity index is 2.25. The van der Waals surface area contributed by atoms with Crippen molar-refractivity contribution in [3.8, 4) is 11.5 Å². The number of carboxylic acids is 1. The molecule has 1 saturated heterocycles. The van der Waals surface area contributed by atoms with E-state index in [1.165, 1.54) is 19.1 Å². The zero-order chi connectivity index (χ0) is 16.3. The first-order valence-electron chi connectivity index (χ1n) is 6.85. The third-order valence-corrected chi connectivity index (χ3v) is 3.42. The van der Waals surface area contributed by atoms with Gasteiger partial charge in [-0.1, -0.05) is 0 Å². The van der Waals surface area contributed by atoms with E-state index in [2.05, 4.69) is 0 Å². The van der Waals surface area contributed by atoms with Crippen LogP contribution in [0.15, 0.2) is 18.2 Å². The fourth-order valence-electron chi connectivity index (χ4n) is 2.37. The molecule has 0 aromatic heterocycles. The van der Waals surface area contributed by atoms with E-state index in [4.69, 9.17) is 19.3 Å². The Morgan fingerprint density at radius 2 is 1.77 bits per heavy atom. The third-order valence-electron chi connectivity index (χ3n) is 3.42. The average Bonchev–Trinajstić information content (AvgIpc) is 2.52. The van der Waals surface area contributed by atoms with Gasteiger partial charge >= 0.3 is 5.97 Å². The van der Waals surface area contributed by atoms with Crippen LogP contribution < -0.4 is 9.47 Å². The lowest BCUT2D eigenvalue weighted by molar-refractivity contribution is -0.160. The van der Waals surface area contributed by atoms with Gasteiger partial charge in [0.2, 0.25) is 0 Å². The Kier molecular flexibility index (Phi) is 4.87. The van der Waals surface area contributed by atoms with Gasteiger partial charge in [0, 0.05) is 18.2 Å². The molecule has 120 valence electrons. The third kappa shape index (κ3) is 3.48. The molecule has 1 aromatic rings. The molecule has 1 unspecified atom stereocenters. The SMILES string of the molecule is COc1cc(OC)cc(C(=O)N2CC(C(=O)O)O[C@H](C)C2)c1. The lowest BCUT2D eigenvalue weighted by atomic mass is 10.1. The topological polar surface area (TPSA) is 85.3 Å². The summed E-state index contributed by atoms with van der Waals surface area (Å²) in [5.41, 5.74) is 0.384. The van der Waals surface area contributed by atoms with Gasteiger partial charge in [-0.15, -0.1) is 0 Å². The van der Waals surface area contributed by atoms with E-state index in [0.29, 0.717) is 23.6 Å². The second-order valence-corrected chi connectivity index (χ2v) is 5.09. The molecule has 1 aliphatic heterocycles. The van der Waals surface area contributed by atoms with Crippen molar-refractivity contribution in [1.29, 1.82) is 0 Å². The smallest absolute Gasteiger partial charge is 0.334 e. The maximum Gasteiger partial charge on any atom is 0.334 e. The number of nitrogens with zero attached hydrogens (tertiary/aromatic N) is 1. The Morgan fingerprint density at radius 1 is 1.18 bits per heavy atom. The van der Waals surface area contributed by atoms with Crippen LogP contribution in [0.1, 0.15) is 17.3 Å². The summed E-state index contributed by atoms with van der Waals surface area (Å²) in [7, 11) is 3.00. The van der Waals surface area contributed by atoms with Crippen molar-refractivity contribution in [3.63, 3.8) is 0 Å². The van der Waals surface area contributed by atoms with E-state index in [9.17, 15) is 9.59 Å². The zero-order valence-electron chi connectivity index (χ0n) is 12.7. The first-order chi connectivity index (χ1) is 10.4. The van der Waals surface area contributed by atoms with E-state index in [-0.39, 0.29) is 18.6 Å². The molecule has 1 aromatic carbocycles. The highest BCUT2D eigenvalue weighted by molar-refractivity contribution is 5.95. The fourth-order valence-corrected chi connectivity index (χ4v) is 2.37. The van der Waals surface area contributed by atoms with Crippen LogP contribution in [-0.2, 0) is 9.53 Å². The van der Waals surface area contributed by atoms with Gasteiger partial charge in [-0.3, -0.25) is 4.79 Å². The molecule has 1 fully saturated rings. The maximum atomic E-state index is 12.6. The highest BCUT2D eigenvalue weighted by Crippen LogP contribution is 2.24. The molecule has 2 rings (SSSR count). The zero-order valence-corrected chi connectivity index (χ0v) is 12.7. The van der Waals surface area contributed by atoms with Gasteiger partial charge < -0.3 is 24.2 Å². The molecule has 0 radical (unpaired) electrons. The van der Waals surface area contributed by atoms with Gasteiger partial charge in [-0.2, -0.15) is 0 Å². The van der Waals surface area contributed by atoms with Crippen molar-refractivity contribution >= 4 is 11.9 Å². The summed E-state index contributed by atoms with van der Waals surface area (Å²) in [4.78, 5) is 25.2. The quantitative estimate of drug-likeness (QED) is 0.893. The Labute approximate surface area is 128 Å². The van der Waals surface area contributed by atoms with Gasteiger partial charge in [-0.05, 0) is 19.1 Å². The van der Waals surface area contributed by atoms with Gasteiger partial charge in [0.05, 0.1) is 26.9 Å². The summed E-state index contributed by atoms with van der Waals surface area (Å²) in [6.45, 7) is 2.09. The summed E-state index contributed by atoms with van der Waals surface area (Å²) < 4.78 is 15.6. The minimum Gasteiger partial charge on any atom is -0.497 e. The number of carboxylic acid groups (broad SMARTS) is 1. The summed E-state index contributed by atoms with van der Waals surface area (Å²) >= 11 is 0. The van der Waals surface area contributed by atoms with Gasteiger partial charge in [0.1, 0.15) is 11.5 Å². The average molecular weight is 309 g/mol. The van der Waals surface area contributed by atoms with Crippen molar-refractivity contribution < 1.29 is 28.9 Å². The Bertz CT molecular complexity index is 551. The fraction of sp³-hybridized carbons (Fsp3) is 0.467. The molecule has 1 amide bonds. The van der Waals surface area contributed by atoms with Crippen LogP contribution in [0, 0.1) is 0 Å². The predicted molar refractivity (Wildman–Crippen MR) is 77.4 cm³/mol. The Hall–Kier alpha value is -2.28. The van der Waals surface area contributed by atoms with Crippen LogP contribution in [0.5, 0.6) is 11.5 Å². The molecule has 7 nitrogen and oxygen atoms in total. The van der Waals surface area contributed by atoms with E-state index in [1.807, 2.05) is 0 Å². The summed E-state index contributed by atoms with van der Waals surface area (Å²) in [6.07, 6.45) is -1.36. The highest BCUT2D eigenvalue weighted by atomic mass is 16.5. The predicted octanol–water partition coefficient (Wildman–Crippen LogP) is 1.02. The largest absolute Gasteiger partial charge is 0.497 e. The lowest BCUT2D eigenvalue weighted by Gasteiger charge is -2.35. The van der Waals surface area contributed by atoms with E-state index in [0.717, 1.165) is 0 Å². The van der Waals surface area contributed by atoms with Crippen LogP contribution in [0.3, 0.4) is 0 Å². The van der Waals surface area contributed by atoms with Crippen LogP contribution in [-0.4, -0.2) is 61.4 Å². The normalized spacial score (nSPS) is 21.3. The number of rotatable bonds is 4. The van der Waals surface area contributed by atoms with E-state index < -0.39 is 12.1 Å². The van der Waals surface area contributed by atoms with E-state index in [1.54, 1.807) is 25.1 Å². The second kappa shape index (κ2) is 6.65. The molecule has 22 heavy (non-hydrogen) atoms. The second-order valence-electron chi connectivity index (χ2n) is 5.09. The standard InChI is InChI=1S/C15H19NO6/c1-9-7-16(8-13(22-9)15(18)19)14(17)10-4-11(20-2)6-12(5-10)21-3/h4-6,9,13H,7-8H2,1-3H3,(H,18,19)/t9-,13?/m1/s1. The number of ether oxygens (including phenoxy) is 3. The van der Waals surface area contributed by atoms with Crippen LogP contribution in [0.2, 0.25) is 0 Å². The molecule has 0 aliphatic carbocycles. The molecule has 1 N–H and O–H groups in total. The molecular weight excluding hydrogens is 290 g/mol.